The molecule has 0 saturated carbocycles. The van der Waals surface area contributed by atoms with Crippen molar-refractivity contribution in [1.29, 1.82) is 0 Å². The van der Waals surface area contributed by atoms with Crippen molar-refractivity contribution in [2.75, 3.05) is 13.1 Å². The Morgan fingerprint density at radius 2 is 1.78 bits per heavy atom. The van der Waals surface area contributed by atoms with Crippen LogP contribution in [-0.4, -0.2) is 64.2 Å². The van der Waals surface area contributed by atoms with Crippen LogP contribution in [0.2, 0.25) is 0 Å². The number of aryl methyl sites for hydroxylation is 1. The maximum absolute atomic E-state index is 13.7. The van der Waals surface area contributed by atoms with E-state index in [-0.39, 0.29) is 30.0 Å². The molecule has 6 rings (SSSR count). The zero-order valence-corrected chi connectivity index (χ0v) is 25.5. The van der Waals surface area contributed by atoms with Crippen LogP contribution < -0.4 is 10.6 Å². The topological polar surface area (TPSA) is 117 Å². The van der Waals surface area contributed by atoms with Crippen molar-refractivity contribution in [2.24, 2.45) is 0 Å². The molecule has 9 heteroatoms. The Balaban J connectivity index is 1.14. The average Bonchev–Trinajstić information content (AvgIpc) is 3.85. The summed E-state index contributed by atoms with van der Waals surface area (Å²) >= 11 is 0. The molecule has 2 saturated heterocycles. The Morgan fingerprint density at radius 3 is 2.51 bits per heavy atom. The van der Waals surface area contributed by atoms with Gasteiger partial charge in [0.05, 0.1) is 30.6 Å². The van der Waals surface area contributed by atoms with Gasteiger partial charge < -0.3 is 29.8 Å². The normalized spacial score (nSPS) is 21.0. The largest absolute Gasteiger partial charge is 0.446 e. The summed E-state index contributed by atoms with van der Waals surface area (Å²) in [6.07, 6.45) is 3.39. The second kappa shape index (κ2) is 14.2. The van der Waals surface area contributed by atoms with Gasteiger partial charge in [0, 0.05) is 30.3 Å². The third-order valence-corrected chi connectivity index (χ3v) is 8.70. The van der Waals surface area contributed by atoms with Gasteiger partial charge in [0.25, 0.3) is 11.8 Å². The molecule has 3 heterocycles. The molecular weight excluding hydrogens is 568 g/mol. The fourth-order valence-corrected chi connectivity index (χ4v) is 6.32. The monoisotopic (exact) mass is 608 g/mol. The zero-order valence-electron chi connectivity index (χ0n) is 25.5. The second-order valence-electron chi connectivity index (χ2n) is 12.0. The molecule has 2 aliphatic heterocycles. The number of likely N-dealkylation sites (tertiary alicyclic amines) is 1. The van der Waals surface area contributed by atoms with Crippen LogP contribution in [0.1, 0.15) is 68.7 Å². The Morgan fingerprint density at radius 1 is 1.04 bits per heavy atom. The molecule has 4 aromatic rings. The van der Waals surface area contributed by atoms with Gasteiger partial charge in [-0.1, -0.05) is 66.7 Å². The first kappa shape index (κ1) is 30.7. The number of hydrogen-bond acceptors (Lipinski definition) is 7. The quantitative estimate of drug-likeness (QED) is 0.228. The maximum atomic E-state index is 13.7. The lowest BCUT2D eigenvalue weighted by molar-refractivity contribution is 0.0419. The number of aliphatic hydroxyl groups is 1. The number of carbonyl (C=O) groups excluding carboxylic acids is 2. The lowest BCUT2D eigenvalue weighted by Crippen LogP contribution is -2.52. The number of rotatable bonds is 11. The van der Waals surface area contributed by atoms with Gasteiger partial charge in [-0.25, -0.2) is 4.98 Å². The highest BCUT2D eigenvalue weighted by Crippen LogP contribution is 2.33. The Kier molecular flexibility index (Phi) is 9.69. The minimum Gasteiger partial charge on any atom is -0.446 e. The fourth-order valence-electron chi connectivity index (χ4n) is 6.32. The molecule has 0 unspecified atom stereocenters. The summed E-state index contributed by atoms with van der Waals surface area (Å²) < 4.78 is 11.7. The predicted octanol–water partition coefficient (Wildman–Crippen LogP) is 4.61. The highest BCUT2D eigenvalue weighted by Gasteiger charge is 2.36. The zero-order chi connectivity index (χ0) is 31.2. The van der Waals surface area contributed by atoms with Gasteiger partial charge in [-0.15, -0.1) is 0 Å². The summed E-state index contributed by atoms with van der Waals surface area (Å²) in [5.41, 5.74) is 3.66. The molecule has 3 N–H and O–H groups in total. The van der Waals surface area contributed by atoms with Crippen LogP contribution in [0.15, 0.2) is 95.6 Å². The van der Waals surface area contributed by atoms with Crippen LogP contribution in [0.25, 0.3) is 0 Å². The SMILES string of the molecule is Cc1coc([C@H]2CCCN2C(=O)c2cccc(C(=O)N[C@@H](Cc3ccccc3)[C@H](O)[C@H]3C[C@@H](OCc4ccccc4)CN3)c2)n1. The third kappa shape index (κ3) is 7.50. The van der Waals surface area contributed by atoms with Crippen LogP contribution in [0.5, 0.6) is 0 Å². The number of aromatic nitrogens is 1. The van der Waals surface area contributed by atoms with Gasteiger partial charge in [0.1, 0.15) is 12.3 Å². The van der Waals surface area contributed by atoms with Gasteiger partial charge in [-0.2, -0.15) is 0 Å². The van der Waals surface area contributed by atoms with Gasteiger partial charge in [0.15, 0.2) is 0 Å². The van der Waals surface area contributed by atoms with Gasteiger partial charge >= 0.3 is 0 Å². The maximum Gasteiger partial charge on any atom is 0.254 e. The first-order valence-corrected chi connectivity index (χ1v) is 15.7. The Bertz CT molecular complexity index is 1580. The number of aliphatic hydroxyl groups excluding tert-OH is 1. The van der Waals surface area contributed by atoms with Crippen LogP contribution in [0.3, 0.4) is 0 Å². The minimum atomic E-state index is -0.862. The molecular formula is C36H40N4O5. The number of benzene rings is 3. The lowest BCUT2D eigenvalue weighted by atomic mass is 9.94. The van der Waals surface area contributed by atoms with Crippen molar-refractivity contribution in [2.45, 2.75) is 69.5 Å². The smallest absolute Gasteiger partial charge is 0.254 e. The standard InChI is InChI=1S/C36H40N4O5/c1-24-22-45-35(38-24)32-16-9-17-40(32)36(43)28-15-8-14-27(19-28)34(42)39-31(18-25-10-4-2-5-11-25)33(41)30-20-29(21-37-30)44-23-26-12-6-3-7-13-26/h2-8,10-15,19,22,29-33,37,41H,9,16-18,20-21,23H2,1H3,(H,39,42)/t29-,30-,31+,32-,33-/m1/s1. The molecule has 2 fully saturated rings. The van der Waals surface area contributed by atoms with Gasteiger partial charge in [0.2, 0.25) is 5.89 Å². The molecule has 1 aromatic heterocycles. The highest BCUT2D eigenvalue weighted by molar-refractivity contribution is 6.00. The molecule has 234 valence electrons. The molecule has 0 aliphatic carbocycles. The number of hydrogen-bond donors (Lipinski definition) is 3. The van der Waals surface area contributed by atoms with Crippen molar-refractivity contribution >= 4 is 11.8 Å². The summed E-state index contributed by atoms with van der Waals surface area (Å²) in [5, 5.41) is 18.1. The number of amides is 2. The molecule has 2 amide bonds. The molecule has 0 radical (unpaired) electrons. The van der Waals surface area contributed by atoms with E-state index in [9.17, 15) is 14.7 Å². The number of carbonyl (C=O) groups is 2. The van der Waals surface area contributed by atoms with Crippen molar-refractivity contribution in [3.05, 3.63) is 125 Å². The number of nitrogens with zero attached hydrogens (tertiary/aromatic N) is 2. The molecule has 5 atom stereocenters. The predicted molar refractivity (Wildman–Crippen MR) is 170 cm³/mol. The van der Waals surface area contributed by atoms with Crippen LogP contribution in [0, 0.1) is 6.92 Å². The van der Waals surface area contributed by atoms with E-state index in [1.54, 1.807) is 35.4 Å². The lowest BCUT2D eigenvalue weighted by Gasteiger charge is -2.29. The third-order valence-electron chi connectivity index (χ3n) is 8.70. The second-order valence-corrected chi connectivity index (χ2v) is 12.0. The summed E-state index contributed by atoms with van der Waals surface area (Å²) in [6, 6.07) is 25.5. The van der Waals surface area contributed by atoms with Crippen molar-refractivity contribution in [3.63, 3.8) is 0 Å². The van der Waals surface area contributed by atoms with Crippen molar-refractivity contribution in [3.8, 4) is 0 Å². The van der Waals surface area contributed by atoms with Crippen molar-refractivity contribution < 1.29 is 23.8 Å². The van der Waals surface area contributed by atoms with E-state index in [2.05, 4.69) is 15.6 Å². The molecule has 3 aromatic carbocycles. The van der Waals surface area contributed by atoms with E-state index >= 15 is 0 Å². The van der Waals surface area contributed by atoms with Crippen LogP contribution in [0.4, 0.5) is 0 Å². The Hall–Kier alpha value is -4.31. The molecule has 0 spiro atoms. The summed E-state index contributed by atoms with van der Waals surface area (Å²) in [4.78, 5) is 33.5. The van der Waals surface area contributed by atoms with E-state index in [0.717, 1.165) is 29.7 Å². The molecule has 0 bridgehead atoms. The first-order valence-electron chi connectivity index (χ1n) is 15.7. The minimum absolute atomic E-state index is 0.0460. The Labute approximate surface area is 263 Å². The van der Waals surface area contributed by atoms with Crippen LogP contribution in [-0.2, 0) is 17.8 Å². The first-order chi connectivity index (χ1) is 21.9. The highest BCUT2D eigenvalue weighted by atomic mass is 16.5. The van der Waals surface area contributed by atoms with Crippen LogP contribution >= 0.6 is 0 Å². The van der Waals surface area contributed by atoms with E-state index < -0.39 is 12.1 Å². The van der Waals surface area contributed by atoms with E-state index in [0.29, 0.717) is 49.6 Å². The van der Waals surface area contributed by atoms with E-state index in [1.807, 2.05) is 67.6 Å². The van der Waals surface area contributed by atoms with E-state index in [1.165, 1.54) is 0 Å². The van der Waals surface area contributed by atoms with Crippen molar-refractivity contribution in [1.82, 2.24) is 20.5 Å². The molecule has 9 nitrogen and oxygen atoms in total. The van der Waals surface area contributed by atoms with Gasteiger partial charge in [-0.3, -0.25) is 9.59 Å². The van der Waals surface area contributed by atoms with E-state index in [4.69, 9.17) is 9.15 Å². The summed E-state index contributed by atoms with van der Waals surface area (Å²) in [6.45, 7) is 3.58. The van der Waals surface area contributed by atoms with Gasteiger partial charge in [-0.05, 0) is 61.9 Å². The molecule has 45 heavy (non-hydrogen) atoms. The number of ether oxygens (including phenoxy) is 1. The summed E-state index contributed by atoms with van der Waals surface area (Å²) in [5.74, 6) is 0.0274. The summed E-state index contributed by atoms with van der Waals surface area (Å²) in [7, 11) is 0. The number of oxazole rings is 1. The number of nitrogens with one attached hydrogen (secondary N) is 2. The fraction of sp³-hybridized carbons (Fsp3) is 0.361. The average molecular weight is 609 g/mol. The molecule has 2 aliphatic rings.